The fourth-order valence-corrected chi connectivity index (χ4v) is 2.46. The molecule has 0 spiro atoms. The summed E-state index contributed by atoms with van der Waals surface area (Å²) < 4.78 is 5.26. The number of hydrogen-bond acceptors (Lipinski definition) is 5. The maximum Gasteiger partial charge on any atom is 0.218 e. The number of H-pyrrole nitrogens is 1. The molecule has 0 radical (unpaired) electrons. The van der Waals surface area contributed by atoms with E-state index in [1.165, 1.54) is 11.8 Å². The maximum atomic E-state index is 10.7. The number of nitrogens with one attached hydrogen (secondary N) is 1. The van der Waals surface area contributed by atoms with Gasteiger partial charge >= 0.3 is 0 Å². The Balaban J connectivity index is 2.16. The number of carbonyl (C=O) groups excluding carboxylic acids is 1. The minimum Gasteiger partial charge on any atom is -0.496 e. The molecule has 2 aromatic rings. The third kappa shape index (κ3) is 3.64. The lowest BCUT2D eigenvalue weighted by Crippen LogP contribution is -2.10. The number of aromatic amines is 1. The number of aromatic nitrogens is 3. The largest absolute Gasteiger partial charge is 0.496 e. The standard InChI is InChI=1S/C12H13ClN4O2S/c1-19-9-3-2-7(13)6-8(9)11-15-12(17-16-11)20-5-4-10(14)18/h2-3,6H,4-5H2,1H3,(H2,14,18)(H,15,16,17). The van der Waals surface area contributed by atoms with Crippen molar-refractivity contribution in [3.05, 3.63) is 23.2 Å². The van der Waals surface area contributed by atoms with E-state index >= 15 is 0 Å². The normalized spacial score (nSPS) is 10.5. The van der Waals surface area contributed by atoms with Crippen molar-refractivity contribution >= 4 is 29.3 Å². The summed E-state index contributed by atoms with van der Waals surface area (Å²) in [5.41, 5.74) is 5.81. The zero-order chi connectivity index (χ0) is 14.5. The van der Waals surface area contributed by atoms with Crippen molar-refractivity contribution in [2.75, 3.05) is 12.9 Å². The van der Waals surface area contributed by atoms with Gasteiger partial charge in [-0.25, -0.2) is 4.98 Å². The van der Waals surface area contributed by atoms with Crippen LogP contribution in [0.5, 0.6) is 5.75 Å². The number of amides is 1. The van der Waals surface area contributed by atoms with E-state index < -0.39 is 0 Å². The molecule has 1 amide bonds. The summed E-state index contributed by atoms with van der Waals surface area (Å²) in [6, 6.07) is 5.25. The number of carbonyl (C=O) groups is 1. The highest BCUT2D eigenvalue weighted by molar-refractivity contribution is 7.99. The molecule has 106 valence electrons. The van der Waals surface area contributed by atoms with Crippen LogP contribution in [0, 0.1) is 0 Å². The van der Waals surface area contributed by atoms with Gasteiger partial charge in [0.1, 0.15) is 5.75 Å². The highest BCUT2D eigenvalue weighted by atomic mass is 35.5. The summed E-state index contributed by atoms with van der Waals surface area (Å²) in [7, 11) is 1.58. The van der Waals surface area contributed by atoms with Crippen molar-refractivity contribution in [3.8, 4) is 17.1 Å². The maximum absolute atomic E-state index is 10.7. The first kappa shape index (κ1) is 14.7. The number of benzene rings is 1. The van der Waals surface area contributed by atoms with Gasteiger partial charge in [-0.3, -0.25) is 9.89 Å². The predicted molar refractivity (Wildman–Crippen MR) is 77.9 cm³/mol. The summed E-state index contributed by atoms with van der Waals surface area (Å²) in [6.07, 6.45) is 0.287. The molecular formula is C12H13ClN4O2S. The molecular weight excluding hydrogens is 300 g/mol. The lowest BCUT2D eigenvalue weighted by molar-refractivity contribution is -0.117. The number of rotatable bonds is 6. The van der Waals surface area contributed by atoms with Gasteiger partial charge in [0.2, 0.25) is 11.1 Å². The number of nitrogens with zero attached hydrogens (tertiary/aromatic N) is 2. The molecule has 6 nitrogen and oxygen atoms in total. The van der Waals surface area contributed by atoms with Crippen molar-refractivity contribution in [3.63, 3.8) is 0 Å². The van der Waals surface area contributed by atoms with E-state index in [0.29, 0.717) is 27.5 Å². The first-order chi connectivity index (χ1) is 9.60. The van der Waals surface area contributed by atoms with Crippen molar-refractivity contribution in [2.45, 2.75) is 11.6 Å². The monoisotopic (exact) mass is 312 g/mol. The summed E-state index contributed by atoms with van der Waals surface area (Å²) >= 11 is 7.33. The van der Waals surface area contributed by atoms with Crippen LogP contribution in [0.25, 0.3) is 11.4 Å². The highest BCUT2D eigenvalue weighted by Crippen LogP contribution is 2.31. The van der Waals surface area contributed by atoms with E-state index in [1.54, 1.807) is 25.3 Å². The van der Waals surface area contributed by atoms with Gasteiger partial charge in [0.05, 0.1) is 12.7 Å². The Morgan fingerprint density at radius 3 is 3.05 bits per heavy atom. The number of methoxy groups -OCH3 is 1. The van der Waals surface area contributed by atoms with Crippen molar-refractivity contribution < 1.29 is 9.53 Å². The lowest BCUT2D eigenvalue weighted by Gasteiger charge is -2.05. The lowest BCUT2D eigenvalue weighted by atomic mass is 10.2. The van der Waals surface area contributed by atoms with Gasteiger partial charge in [-0.2, -0.15) is 0 Å². The van der Waals surface area contributed by atoms with Crippen LogP contribution >= 0.6 is 23.4 Å². The third-order valence-electron chi connectivity index (χ3n) is 2.46. The van der Waals surface area contributed by atoms with E-state index in [2.05, 4.69) is 15.2 Å². The molecule has 0 fully saturated rings. The van der Waals surface area contributed by atoms with E-state index in [4.69, 9.17) is 22.1 Å². The Morgan fingerprint density at radius 1 is 1.55 bits per heavy atom. The van der Waals surface area contributed by atoms with Crippen LogP contribution in [0.3, 0.4) is 0 Å². The Hall–Kier alpha value is -1.73. The molecule has 8 heteroatoms. The topological polar surface area (TPSA) is 93.9 Å². The fraction of sp³-hybridized carbons (Fsp3) is 0.250. The van der Waals surface area contributed by atoms with E-state index in [0.717, 1.165) is 5.56 Å². The van der Waals surface area contributed by atoms with Gasteiger partial charge in [-0.15, -0.1) is 5.10 Å². The molecule has 20 heavy (non-hydrogen) atoms. The molecule has 0 aliphatic rings. The zero-order valence-corrected chi connectivity index (χ0v) is 12.3. The van der Waals surface area contributed by atoms with Crippen molar-refractivity contribution in [2.24, 2.45) is 5.73 Å². The molecule has 1 aromatic heterocycles. The van der Waals surface area contributed by atoms with Gasteiger partial charge in [0, 0.05) is 17.2 Å². The number of thioether (sulfide) groups is 1. The Morgan fingerprint density at radius 2 is 2.35 bits per heavy atom. The SMILES string of the molecule is COc1ccc(Cl)cc1-c1nc(SCCC(N)=O)n[nH]1. The van der Waals surface area contributed by atoms with Crippen LogP contribution in [-0.4, -0.2) is 34.0 Å². The van der Waals surface area contributed by atoms with Crippen molar-refractivity contribution in [1.29, 1.82) is 0 Å². The minimum atomic E-state index is -0.343. The molecule has 1 aromatic carbocycles. The second-order valence-electron chi connectivity index (χ2n) is 3.88. The van der Waals surface area contributed by atoms with Gasteiger partial charge in [-0.05, 0) is 18.2 Å². The quantitative estimate of drug-likeness (QED) is 0.797. The number of ether oxygens (including phenoxy) is 1. The molecule has 2 rings (SSSR count). The Labute approximate surface area is 125 Å². The molecule has 0 bridgehead atoms. The Kier molecular flexibility index (Phi) is 4.86. The molecule has 0 aliphatic heterocycles. The van der Waals surface area contributed by atoms with Crippen LogP contribution in [0.2, 0.25) is 5.02 Å². The molecule has 0 unspecified atom stereocenters. The summed E-state index contributed by atoms with van der Waals surface area (Å²) in [5.74, 6) is 1.41. The van der Waals surface area contributed by atoms with Gasteiger partial charge < -0.3 is 10.5 Å². The van der Waals surface area contributed by atoms with Gasteiger partial charge in [0.25, 0.3) is 0 Å². The zero-order valence-electron chi connectivity index (χ0n) is 10.7. The summed E-state index contributed by atoms with van der Waals surface area (Å²) in [6.45, 7) is 0. The third-order valence-corrected chi connectivity index (χ3v) is 3.55. The van der Waals surface area contributed by atoms with Gasteiger partial charge in [-0.1, -0.05) is 23.4 Å². The van der Waals surface area contributed by atoms with Crippen LogP contribution in [0.1, 0.15) is 6.42 Å². The number of primary amides is 1. The van der Waals surface area contributed by atoms with Crippen LogP contribution < -0.4 is 10.5 Å². The second kappa shape index (κ2) is 6.62. The number of nitrogens with two attached hydrogens (primary N) is 1. The molecule has 1 heterocycles. The first-order valence-corrected chi connectivity index (χ1v) is 7.14. The van der Waals surface area contributed by atoms with E-state index in [9.17, 15) is 4.79 Å². The minimum absolute atomic E-state index is 0.287. The van der Waals surface area contributed by atoms with Crippen LogP contribution in [0.15, 0.2) is 23.4 Å². The smallest absolute Gasteiger partial charge is 0.218 e. The predicted octanol–water partition coefficient (Wildman–Crippen LogP) is 2.10. The number of hydrogen-bond donors (Lipinski definition) is 2. The first-order valence-electron chi connectivity index (χ1n) is 5.77. The number of halogens is 1. The van der Waals surface area contributed by atoms with E-state index in [1.807, 2.05) is 0 Å². The Bertz CT molecular complexity index is 617. The van der Waals surface area contributed by atoms with Gasteiger partial charge in [0.15, 0.2) is 5.82 Å². The average Bonchev–Trinajstić information content (AvgIpc) is 2.87. The van der Waals surface area contributed by atoms with Crippen LogP contribution in [-0.2, 0) is 4.79 Å². The average molecular weight is 313 g/mol. The summed E-state index contributed by atoms with van der Waals surface area (Å²) in [5, 5.41) is 8.02. The van der Waals surface area contributed by atoms with Crippen LogP contribution in [0.4, 0.5) is 0 Å². The molecule has 3 N–H and O–H groups in total. The molecule has 0 atom stereocenters. The second-order valence-corrected chi connectivity index (χ2v) is 5.37. The summed E-state index contributed by atoms with van der Waals surface area (Å²) in [4.78, 5) is 15.0. The van der Waals surface area contributed by atoms with E-state index in [-0.39, 0.29) is 12.3 Å². The molecule has 0 saturated heterocycles. The molecule has 0 saturated carbocycles. The fourth-order valence-electron chi connectivity index (χ4n) is 1.54. The van der Waals surface area contributed by atoms with Crippen molar-refractivity contribution in [1.82, 2.24) is 15.2 Å². The highest BCUT2D eigenvalue weighted by Gasteiger charge is 2.12. The molecule has 0 aliphatic carbocycles.